The molecule has 26 heavy (non-hydrogen) atoms. The van der Waals surface area contributed by atoms with Gasteiger partial charge in [0.25, 0.3) is 0 Å². The highest BCUT2D eigenvalue weighted by molar-refractivity contribution is 5.91. The van der Waals surface area contributed by atoms with Gasteiger partial charge in [-0.2, -0.15) is 0 Å². The van der Waals surface area contributed by atoms with Crippen LogP contribution >= 0.6 is 0 Å². The van der Waals surface area contributed by atoms with Gasteiger partial charge >= 0.3 is 0 Å². The number of ether oxygens (including phenoxy) is 1. The van der Waals surface area contributed by atoms with Crippen LogP contribution in [0, 0.1) is 5.41 Å². The summed E-state index contributed by atoms with van der Waals surface area (Å²) in [5.41, 5.74) is 5.43. The average Bonchev–Trinajstić information content (AvgIpc) is 3.18. The smallest absolute Gasteiger partial charge is 0.242 e. The van der Waals surface area contributed by atoms with Gasteiger partial charge in [0.1, 0.15) is 11.8 Å². The minimum Gasteiger partial charge on any atom is -0.494 e. The lowest BCUT2D eigenvalue weighted by Gasteiger charge is -2.25. The zero-order valence-electron chi connectivity index (χ0n) is 14.9. The van der Waals surface area contributed by atoms with E-state index >= 15 is 0 Å². The molecule has 1 aromatic carbocycles. The van der Waals surface area contributed by atoms with E-state index in [-0.39, 0.29) is 36.2 Å². The first-order valence-electron chi connectivity index (χ1n) is 8.96. The third-order valence-electron chi connectivity index (χ3n) is 5.25. The van der Waals surface area contributed by atoms with E-state index < -0.39 is 11.9 Å². The Hall–Kier alpha value is -2.57. The van der Waals surface area contributed by atoms with Gasteiger partial charge in [0.15, 0.2) is 0 Å². The minimum absolute atomic E-state index is 0.00808. The molecule has 140 valence electrons. The van der Waals surface area contributed by atoms with E-state index in [4.69, 9.17) is 10.5 Å². The number of piperidine rings is 1. The molecule has 1 aliphatic heterocycles. The second-order valence-corrected chi connectivity index (χ2v) is 7.34. The van der Waals surface area contributed by atoms with E-state index in [1.165, 1.54) is 0 Å². The molecule has 1 saturated carbocycles. The molecule has 3 N–H and O–H groups in total. The summed E-state index contributed by atoms with van der Waals surface area (Å²) >= 11 is 0. The zero-order valence-corrected chi connectivity index (χ0v) is 14.9. The predicted molar refractivity (Wildman–Crippen MR) is 95.1 cm³/mol. The van der Waals surface area contributed by atoms with Crippen molar-refractivity contribution in [3.8, 4) is 5.75 Å². The fraction of sp³-hybridized carbons (Fsp3) is 0.526. The fourth-order valence-corrected chi connectivity index (χ4v) is 3.67. The van der Waals surface area contributed by atoms with Crippen LogP contribution in [0.2, 0.25) is 0 Å². The van der Waals surface area contributed by atoms with Gasteiger partial charge in [0.05, 0.1) is 13.2 Å². The van der Waals surface area contributed by atoms with Crippen LogP contribution in [0.5, 0.6) is 5.75 Å². The molecule has 3 atom stereocenters. The molecule has 1 saturated heterocycles. The number of fused-ring (bicyclic) bond motifs is 1. The molecule has 1 aromatic rings. The lowest BCUT2D eigenvalue weighted by Crippen LogP contribution is -2.49. The molecule has 0 bridgehead atoms. The van der Waals surface area contributed by atoms with Crippen LogP contribution < -0.4 is 15.8 Å². The lowest BCUT2D eigenvalue weighted by molar-refractivity contribution is -0.138. The normalized spacial score (nSPS) is 26.1. The number of nitrogens with zero attached hydrogens (tertiary/aromatic N) is 1. The Morgan fingerprint density at radius 1 is 1.27 bits per heavy atom. The number of carbonyl (C=O) groups excluding carboxylic acids is 3. The Morgan fingerprint density at radius 2 is 2.00 bits per heavy atom. The van der Waals surface area contributed by atoms with E-state index in [0.717, 1.165) is 12.2 Å². The molecule has 3 rings (SSSR count). The number of hydrogen-bond donors (Lipinski definition) is 2. The summed E-state index contributed by atoms with van der Waals surface area (Å²) in [6, 6.07) is 8.91. The number of para-hydroxylation sites is 1. The topological polar surface area (TPSA) is 102 Å². The predicted octanol–water partition coefficient (Wildman–Crippen LogP) is 0.827. The van der Waals surface area contributed by atoms with Crippen molar-refractivity contribution >= 4 is 17.7 Å². The van der Waals surface area contributed by atoms with E-state index in [9.17, 15) is 14.4 Å². The van der Waals surface area contributed by atoms with Gasteiger partial charge in [-0.15, -0.1) is 0 Å². The van der Waals surface area contributed by atoms with Crippen molar-refractivity contribution in [3.05, 3.63) is 30.3 Å². The monoisotopic (exact) mass is 359 g/mol. The first-order valence-corrected chi connectivity index (χ1v) is 8.96. The standard InChI is InChI=1S/C19H25N3O4/c1-19-10-14(18(20)25)22(15(19)11-19)17(24)12-21-16(23)8-5-9-26-13-6-3-2-4-7-13/h2-4,6-7,14-15H,5,8-12H2,1H3,(H2,20,25)(H,21,23). The number of benzene rings is 1. The number of carbonyl (C=O) groups is 3. The molecule has 1 heterocycles. The number of likely N-dealkylation sites (tertiary alicyclic amines) is 1. The third kappa shape index (κ3) is 3.98. The summed E-state index contributed by atoms with van der Waals surface area (Å²) in [4.78, 5) is 37.5. The van der Waals surface area contributed by atoms with E-state index in [0.29, 0.717) is 19.4 Å². The number of nitrogens with one attached hydrogen (secondary N) is 1. The summed E-state index contributed by atoms with van der Waals surface area (Å²) in [5.74, 6) is -0.157. The summed E-state index contributed by atoms with van der Waals surface area (Å²) < 4.78 is 5.53. The van der Waals surface area contributed by atoms with Crippen LogP contribution in [0.1, 0.15) is 32.6 Å². The van der Waals surface area contributed by atoms with Gasteiger partial charge in [-0.05, 0) is 36.8 Å². The molecule has 0 spiro atoms. The number of hydrogen-bond acceptors (Lipinski definition) is 4. The maximum Gasteiger partial charge on any atom is 0.242 e. The highest BCUT2D eigenvalue weighted by Gasteiger charge is 2.63. The van der Waals surface area contributed by atoms with Crippen molar-refractivity contribution in [1.29, 1.82) is 0 Å². The number of rotatable bonds is 8. The van der Waals surface area contributed by atoms with Crippen LogP contribution in [-0.2, 0) is 14.4 Å². The van der Waals surface area contributed by atoms with Crippen molar-refractivity contribution in [2.24, 2.45) is 11.1 Å². The van der Waals surface area contributed by atoms with E-state index in [2.05, 4.69) is 12.2 Å². The highest BCUT2D eigenvalue weighted by Crippen LogP contribution is 2.58. The minimum atomic E-state index is -0.553. The quantitative estimate of drug-likeness (QED) is 0.671. The first kappa shape index (κ1) is 18.2. The van der Waals surface area contributed by atoms with Crippen molar-refractivity contribution < 1.29 is 19.1 Å². The highest BCUT2D eigenvalue weighted by atomic mass is 16.5. The van der Waals surface area contributed by atoms with Gasteiger partial charge < -0.3 is 20.7 Å². The molecule has 0 aromatic heterocycles. The Bertz CT molecular complexity index is 693. The lowest BCUT2D eigenvalue weighted by atomic mass is 10.0. The molecule has 2 fully saturated rings. The summed E-state index contributed by atoms with van der Waals surface area (Å²) in [6.07, 6.45) is 2.35. The van der Waals surface area contributed by atoms with Gasteiger partial charge in [-0.3, -0.25) is 14.4 Å². The number of nitrogens with two attached hydrogens (primary N) is 1. The van der Waals surface area contributed by atoms with E-state index in [1.807, 2.05) is 30.3 Å². The molecule has 3 unspecified atom stereocenters. The molecular weight excluding hydrogens is 334 g/mol. The van der Waals surface area contributed by atoms with Crippen molar-refractivity contribution in [3.63, 3.8) is 0 Å². The Kier molecular flexibility index (Phi) is 5.15. The molecule has 7 heteroatoms. The maximum absolute atomic E-state index is 12.4. The van der Waals surface area contributed by atoms with Gasteiger partial charge in [0.2, 0.25) is 17.7 Å². The average molecular weight is 359 g/mol. The summed E-state index contributed by atoms with van der Waals surface area (Å²) in [5, 5.41) is 2.63. The fourth-order valence-electron chi connectivity index (χ4n) is 3.67. The van der Waals surface area contributed by atoms with Crippen LogP contribution in [0.15, 0.2) is 30.3 Å². The Balaban J connectivity index is 1.37. The van der Waals surface area contributed by atoms with Gasteiger partial charge in [-0.1, -0.05) is 25.1 Å². The summed E-state index contributed by atoms with van der Waals surface area (Å²) in [6.45, 7) is 2.39. The molecule has 2 aliphatic rings. The van der Waals surface area contributed by atoms with Gasteiger partial charge in [-0.25, -0.2) is 0 Å². The summed E-state index contributed by atoms with van der Waals surface area (Å²) in [7, 11) is 0. The molecular formula is C19H25N3O4. The van der Waals surface area contributed by atoms with Crippen molar-refractivity contribution in [1.82, 2.24) is 10.2 Å². The van der Waals surface area contributed by atoms with Crippen molar-refractivity contribution in [2.45, 2.75) is 44.7 Å². The van der Waals surface area contributed by atoms with Crippen molar-refractivity contribution in [2.75, 3.05) is 13.2 Å². The van der Waals surface area contributed by atoms with Gasteiger partial charge in [0, 0.05) is 12.5 Å². The zero-order chi connectivity index (χ0) is 18.7. The molecule has 7 nitrogen and oxygen atoms in total. The first-order chi connectivity index (χ1) is 12.4. The largest absolute Gasteiger partial charge is 0.494 e. The number of amides is 3. The number of primary amides is 1. The third-order valence-corrected chi connectivity index (χ3v) is 5.25. The molecule has 0 radical (unpaired) electrons. The molecule has 1 aliphatic carbocycles. The Labute approximate surface area is 152 Å². The molecule has 3 amide bonds. The van der Waals surface area contributed by atoms with Crippen LogP contribution in [0.25, 0.3) is 0 Å². The second kappa shape index (κ2) is 7.35. The van der Waals surface area contributed by atoms with Crippen LogP contribution in [0.4, 0.5) is 0 Å². The SMILES string of the molecule is CC12CC(C(N)=O)N(C(=O)CNC(=O)CCCOc3ccccc3)C1C2. The maximum atomic E-state index is 12.4. The van der Waals surface area contributed by atoms with Crippen LogP contribution in [0.3, 0.4) is 0 Å². The second-order valence-electron chi connectivity index (χ2n) is 7.34. The van der Waals surface area contributed by atoms with E-state index in [1.54, 1.807) is 4.90 Å². The Morgan fingerprint density at radius 3 is 2.69 bits per heavy atom. The van der Waals surface area contributed by atoms with Crippen LogP contribution in [-0.4, -0.2) is 47.9 Å².